The fraction of sp³-hybridized carbons (Fsp3) is 0.0833. The summed E-state index contributed by atoms with van der Waals surface area (Å²) in [6, 6.07) is 8.33. The molecule has 8 heteroatoms. The van der Waals surface area contributed by atoms with Gasteiger partial charge in [-0.2, -0.15) is 0 Å². The second-order valence-electron chi connectivity index (χ2n) is 3.92. The number of nitrogens with zero attached hydrogens (tertiary/aromatic N) is 2. The van der Waals surface area contributed by atoms with E-state index in [-0.39, 0.29) is 22.9 Å². The highest BCUT2D eigenvalue weighted by molar-refractivity contribution is 7.17. The molecule has 20 heavy (non-hydrogen) atoms. The van der Waals surface area contributed by atoms with Crippen LogP contribution >= 0.6 is 11.3 Å². The average molecular weight is 292 g/mol. The molecular formula is C12H8N2O5S. The number of carbonyl (C=O) groups excluding carboxylic acids is 1. The third-order valence-electron chi connectivity index (χ3n) is 2.56. The highest BCUT2D eigenvalue weighted by Crippen LogP contribution is 2.25. The highest BCUT2D eigenvalue weighted by Gasteiger charge is 2.16. The van der Waals surface area contributed by atoms with Crippen LogP contribution in [0.15, 0.2) is 36.4 Å². The smallest absolute Gasteiger partial charge is 0.293 e. The van der Waals surface area contributed by atoms with Crippen molar-refractivity contribution in [1.82, 2.24) is 0 Å². The molecule has 7 nitrogen and oxygen atoms in total. The first-order valence-corrected chi connectivity index (χ1v) is 6.30. The Morgan fingerprint density at radius 2 is 1.65 bits per heavy atom. The summed E-state index contributed by atoms with van der Waals surface area (Å²) in [5.41, 5.74) is 0.574. The molecule has 0 saturated carbocycles. The molecule has 0 aliphatic heterocycles. The second kappa shape index (κ2) is 5.57. The number of non-ortho nitro benzene ring substituents is 1. The van der Waals surface area contributed by atoms with E-state index in [0.717, 1.165) is 11.3 Å². The van der Waals surface area contributed by atoms with Gasteiger partial charge in [0.15, 0.2) is 5.78 Å². The number of nitro groups is 2. The minimum Gasteiger partial charge on any atom is -0.293 e. The van der Waals surface area contributed by atoms with Crippen LogP contribution in [0.5, 0.6) is 0 Å². The zero-order chi connectivity index (χ0) is 14.7. The molecule has 2 rings (SSSR count). The van der Waals surface area contributed by atoms with Crippen LogP contribution in [0.25, 0.3) is 0 Å². The summed E-state index contributed by atoms with van der Waals surface area (Å²) < 4.78 is 0. The molecule has 2 aromatic rings. The van der Waals surface area contributed by atoms with Gasteiger partial charge in [-0.3, -0.25) is 25.0 Å². The van der Waals surface area contributed by atoms with E-state index in [4.69, 9.17) is 0 Å². The summed E-state index contributed by atoms with van der Waals surface area (Å²) in [4.78, 5) is 32.2. The summed E-state index contributed by atoms with van der Waals surface area (Å²) in [5.74, 6) is -0.253. The van der Waals surface area contributed by atoms with Gasteiger partial charge in [-0.1, -0.05) is 23.5 Å². The number of hydrogen-bond acceptors (Lipinski definition) is 6. The first kappa shape index (κ1) is 13.8. The van der Waals surface area contributed by atoms with Gasteiger partial charge >= 0.3 is 5.00 Å². The van der Waals surface area contributed by atoms with Crippen molar-refractivity contribution in [2.75, 3.05) is 0 Å². The van der Waals surface area contributed by atoms with E-state index in [1.54, 1.807) is 0 Å². The lowest BCUT2D eigenvalue weighted by molar-refractivity contribution is -0.384. The zero-order valence-corrected chi connectivity index (χ0v) is 10.8. The molecular weight excluding hydrogens is 284 g/mol. The minimum atomic E-state index is -0.548. The van der Waals surface area contributed by atoms with Crippen molar-refractivity contribution in [3.05, 3.63) is 67.1 Å². The van der Waals surface area contributed by atoms with Gasteiger partial charge in [-0.15, -0.1) is 0 Å². The third-order valence-corrected chi connectivity index (χ3v) is 3.64. The van der Waals surface area contributed by atoms with Crippen LogP contribution in [0.3, 0.4) is 0 Å². The van der Waals surface area contributed by atoms with Gasteiger partial charge in [-0.25, -0.2) is 0 Å². The van der Waals surface area contributed by atoms with E-state index in [2.05, 4.69) is 0 Å². The number of carbonyl (C=O) groups is 1. The predicted molar refractivity (Wildman–Crippen MR) is 72.1 cm³/mol. The lowest BCUT2D eigenvalue weighted by atomic mass is 10.1. The Morgan fingerprint density at radius 3 is 2.15 bits per heavy atom. The maximum atomic E-state index is 11.9. The number of benzene rings is 1. The summed E-state index contributed by atoms with van der Waals surface area (Å²) in [5, 5.41) is 21.0. The largest absolute Gasteiger partial charge is 0.324 e. The van der Waals surface area contributed by atoms with Gasteiger partial charge in [0.25, 0.3) is 5.69 Å². The van der Waals surface area contributed by atoms with E-state index in [1.165, 1.54) is 36.4 Å². The van der Waals surface area contributed by atoms with Crippen molar-refractivity contribution in [2.24, 2.45) is 0 Å². The number of rotatable bonds is 5. The maximum Gasteiger partial charge on any atom is 0.324 e. The van der Waals surface area contributed by atoms with E-state index in [1.807, 2.05) is 0 Å². The van der Waals surface area contributed by atoms with Crippen LogP contribution < -0.4 is 0 Å². The van der Waals surface area contributed by atoms with Gasteiger partial charge in [0, 0.05) is 24.6 Å². The number of thiophene rings is 1. The Labute approximate surface area is 116 Å². The molecule has 1 aromatic heterocycles. The zero-order valence-electron chi connectivity index (χ0n) is 10.0. The summed E-state index contributed by atoms with van der Waals surface area (Å²) in [6.45, 7) is 0. The van der Waals surface area contributed by atoms with Crippen molar-refractivity contribution in [3.8, 4) is 0 Å². The van der Waals surface area contributed by atoms with Gasteiger partial charge in [-0.05, 0) is 11.6 Å². The molecule has 0 atom stereocenters. The quantitative estimate of drug-likeness (QED) is 0.478. The van der Waals surface area contributed by atoms with Crippen molar-refractivity contribution in [3.63, 3.8) is 0 Å². The Morgan fingerprint density at radius 1 is 1.00 bits per heavy atom. The summed E-state index contributed by atoms with van der Waals surface area (Å²) >= 11 is 0.820. The van der Waals surface area contributed by atoms with Crippen molar-refractivity contribution >= 4 is 27.8 Å². The van der Waals surface area contributed by atoms with Gasteiger partial charge in [0.05, 0.1) is 14.7 Å². The standard InChI is InChI=1S/C12H8N2O5S/c15-10(11-5-6-12(20-11)14(18)19)7-8-1-3-9(4-2-8)13(16)17/h1-6H,7H2. The summed E-state index contributed by atoms with van der Waals surface area (Å²) in [6.07, 6.45) is 0.0513. The second-order valence-corrected chi connectivity index (χ2v) is 4.98. The van der Waals surface area contributed by atoms with Crippen LogP contribution in [0.4, 0.5) is 10.7 Å². The Kier molecular flexibility index (Phi) is 3.85. The van der Waals surface area contributed by atoms with Gasteiger partial charge < -0.3 is 0 Å². The summed E-state index contributed by atoms with van der Waals surface area (Å²) in [7, 11) is 0. The van der Waals surface area contributed by atoms with E-state index in [0.29, 0.717) is 10.4 Å². The topological polar surface area (TPSA) is 103 Å². The Hall–Kier alpha value is -2.61. The molecule has 0 unspecified atom stereocenters. The predicted octanol–water partition coefficient (Wildman–Crippen LogP) is 2.99. The van der Waals surface area contributed by atoms with Gasteiger partial charge in [0.2, 0.25) is 0 Å². The first-order chi connectivity index (χ1) is 9.47. The molecule has 1 aromatic carbocycles. The number of ketones is 1. The molecule has 0 N–H and O–H groups in total. The first-order valence-electron chi connectivity index (χ1n) is 5.48. The Bertz CT molecular complexity index is 677. The number of nitro benzene ring substituents is 1. The number of hydrogen-bond donors (Lipinski definition) is 0. The molecule has 0 fully saturated rings. The van der Waals surface area contributed by atoms with E-state index in [9.17, 15) is 25.0 Å². The molecule has 0 radical (unpaired) electrons. The fourth-order valence-corrected chi connectivity index (χ4v) is 2.34. The van der Waals surface area contributed by atoms with Gasteiger partial charge in [0.1, 0.15) is 0 Å². The van der Waals surface area contributed by atoms with E-state index >= 15 is 0 Å². The Balaban J connectivity index is 2.10. The van der Waals surface area contributed by atoms with Crippen molar-refractivity contribution in [2.45, 2.75) is 6.42 Å². The van der Waals surface area contributed by atoms with Crippen LogP contribution in [0.2, 0.25) is 0 Å². The molecule has 0 aliphatic rings. The molecule has 102 valence electrons. The average Bonchev–Trinajstić information content (AvgIpc) is 2.89. The van der Waals surface area contributed by atoms with Crippen molar-refractivity contribution in [1.29, 1.82) is 0 Å². The normalized spacial score (nSPS) is 10.2. The van der Waals surface area contributed by atoms with Crippen LogP contribution in [-0.2, 0) is 6.42 Å². The third kappa shape index (κ3) is 3.04. The van der Waals surface area contributed by atoms with Crippen molar-refractivity contribution < 1.29 is 14.6 Å². The maximum absolute atomic E-state index is 11.9. The SMILES string of the molecule is O=C(Cc1ccc([N+](=O)[O-])cc1)c1ccc([N+](=O)[O-])s1. The van der Waals surface area contributed by atoms with Crippen LogP contribution in [0.1, 0.15) is 15.2 Å². The van der Waals surface area contributed by atoms with Crippen LogP contribution in [-0.4, -0.2) is 15.6 Å². The van der Waals surface area contributed by atoms with Crippen LogP contribution in [0, 0.1) is 20.2 Å². The molecule has 0 spiro atoms. The molecule has 0 saturated heterocycles. The lowest BCUT2D eigenvalue weighted by Crippen LogP contribution is -2.01. The molecule has 0 aliphatic carbocycles. The molecule has 0 amide bonds. The van der Waals surface area contributed by atoms with E-state index < -0.39 is 9.85 Å². The minimum absolute atomic E-state index is 0.0482. The molecule has 0 bridgehead atoms. The lowest BCUT2D eigenvalue weighted by Gasteiger charge is -1.98. The monoisotopic (exact) mass is 292 g/mol. The number of Topliss-reactive ketones (excluding diaryl/α,β-unsaturated/α-hetero) is 1. The molecule has 1 heterocycles. The highest BCUT2D eigenvalue weighted by atomic mass is 32.1. The fourth-order valence-electron chi connectivity index (χ4n) is 1.58.